The molecule has 1 amide bonds. The van der Waals surface area contributed by atoms with Crippen LogP contribution in [0.15, 0.2) is 0 Å². The van der Waals surface area contributed by atoms with E-state index in [2.05, 4.69) is 18.3 Å². The topological polar surface area (TPSA) is 65.4 Å². The molecular weight excluding hydrogens is 278 g/mol. The number of carbonyl (C=O) groups excluding carboxylic acids is 1. The summed E-state index contributed by atoms with van der Waals surface area (Å²) in [4.78, 5) is 13.8. The van der Waals surface area contributed by atoms with Crippen LogP contribution in [0.25, 0.3) is 0 Å². The van der Waals surface area contributed by atoms with Gasteiger partial charge in [0, 0.05) is 19.1 Å². The van der Waals surface area contributed by atoms with Crippen LogP contribution in [0.5, 0.6) is 0 Å². The molecule has 0 aromatic rings. The van der Waals surface area contributed by atoms with Crippen molar-refractivity contribution in [2.24, 2.45) is 11.3 Å². The van der Waals surface area contributed by atoms with Crippen molar-refractivity contribution in [3.05, 3.63) is 0 Å². The van der Waals surface area contributed by atoms with Crippen molar-refractivity contribution in [2.75, 3.05) is 19.6 Å². The molecule has 1 heterocycles. The Morgan fingerprint density at radius 1 is 1.41 bits per heavy atom. The molecule has 22 heavy (non-hydrogen) atoms. The van der Waals surface area contributed by atoms with Crippen LogP contribution < -0.4 is 5.32 Å². The molecular formula is C17H31N3O2. The third-order valence-electron chi connectivity index (χ3n) is 3.81. The number of amides is 1. The fourth-order valence-corrected chi connectivity index (χ4v) is 2.74. The number of hydrogen-bond acceptors (Lipinski definition) is 4. The second kappa shape index (κ2) is 7.32. The molecule has 1 fully saturated rings. The molecule has 5 nitrogen and oxygen atoms in total. The Kier molecular flexibility index (Phi) is 6.25. The van der Waals surface area contributed by atoms with Crippen LogP contribution in [-0.2, 0) is 4.74 Å². The van der Waals surface area contributed by atoms with Crippen LogP contribution in [0.4, 0.5) is 4.79 Å². The van der Waals surface area contributed by atoms with E-state index in [1.165, 1.54) is 0 Å². The van der Waals surface area contributed by atoms with Gasteiger partial charge in [-0.15, -0.1) is 0 Å². The van der Waals surface area contributed by atoms with Gasteiger partial charge in [0.15, 0.2) is 0 Å². The first-order chi connectivity index (χ1) is 10.0. The van der Waals surface area contributed by atoms with E-state index in [4.69, 9.17) is 10.00 Å². The quantitative estimate of drug-likeness (QED) is 0.847. The molecule has 0 aliphatic carbocycles. The zero-order valence-corrected chi connectivity index (χ0v) is 14.9. The van der Waals surface area contributed by atoms with Gasteiger partial charge in [-0.25, -0.2) is 4.79 Å². The molecule has 1 saturated heterocycles. The predicted octanol–water partition coefficient (Wildman–Crippen LogP) is 3.16. The summed E-state index contributed by atoms with van der Waals surface area (Å²) in [6, 6.07) is 2.63. The zero-order valence-electron chi connectivity index (χ0n) is 14.9. The second-order valence-corrected chi connectivity index (χ2v) is 8.09. The molecule has 1 aliphatic rings. The highest BCUT2D eigenvalue weighted by Gasteiger charge is 2.30. The van der Waals surface area contributed by atoms with Crippen molar-refractivity contribution in [3.63, 3.8) is 0 Å². The van der Waals surface area contributed by atoms with Crippen molar-refractivity contribution >= 4 is 6.09 Å². The van der Waals surface area contributed by atoms with Gasteiger partial charge in [-0.1, -0.05) is 0 Å². The minimum absolute atomic E-state index is 0.214. The highest BCUT2D eigenvalue weighted by Crippen LogP contribution is 2.22. The van der Waals surface area contributed by atoms with E-state index in [9.17, 15) is 4.79 Å². The summed E-state index contributed by atoms with van der Waals surface area (Å²) in [5.41, 5.74) is -0.741. The van der Waals surface area contributed by atoms with Crippen LogP contribution >= 0.6 is 0 Å². The predicted molar refractivity (Wildman–Crippen MR) is 87.4 cm³/mol. The summed E-state index contributed by atoms with van der Waals surface area (Å²) in [6.07, 6.45) is 1.61. The van der Waals surface area contributed by atoms with Crippen LogP contribution in [0.3, 0.4) is 0 Å². The van der Waals surface area contributed by atoms with E-state index in [-0.39, 0.29) is 11.5 Å². The van der Waals surface area contributed by atoms with E-state index in [0.29, 0.717) is 12.0 Å². The molecule has 2 atom stereocenters. The molecule has 5 heteroatoms. The normalized spacial score (nSPS) is 20.6. The first-order valence-electron chi connectivity index (χ1n) is 8.15. The molecule has 0 aromatic heterocycles. The standard InChI is InChI=1S/C17H31N3O2/c1-13(9-17(5,6)12-18)19-10-14-7-8-20(11-14)15(21)22-16(2,3)4/h13-14,19H,7-11H2,1-6H3. The Hall–Kier alpha value is -1.28. The van der Waals surface area contributed by atoms with Crippen molar-refractivity contribution in [1.82, 2.24) is 10.2 Å². The molecule has 0 saturated carbocycles. The Morgan fingerprint density at radius 3 is 2.59 bits per heavy atom. The molecule has 1 aliphatic heterocycles. The monoisotopic (exact) mass is 309 g/mol. The first-order valence-corrected chi connectivity index (χ1v) is 8.15. The van der Waals surface area contributed by atoms with Gasteiger partial charge in [-0.2, -0.15) is 5.26 Å². The van der Waals surface area contributed by atoms with Gasteiger partial charge in [0.1, 0.15) is 5.60 Å². The number of likely N-dealkylation sites (tertiary alicyclic amines) is 1. The first kappa shape index (κ1) is 18.8. The van der Waals surface area contributed by atoms with Gasteiger partial charge in [0.25, 0.3) is 0 Å². The molecule has 1 N–H and O–H groups in total. The van der Waals surface area contributed by atoms with E-state index < -0.39 is 5.60 Å². The molecule has 1 rings (SSSR count). The number of rotatable bonds is 5. The van der Waals surface area contributed by atoms with Crippen molar-refractivity contribution in [2.45, 2.75) is 66.0 Å². The van der Waals surface area contributed by atoms with Crippen LogP contribution in [-0.4, -0.2) is 42.3 Å². The van der Waals surface area contributed by atoms with Gasteiger partial charge in [0.2, 0.25) is 0 Å². The number of carbonyl (C=O) groups is 1. The molecule has 126 valence electrons. The van der Waals surface area contributed by atoms with Crippen LogP contribution in [0.1, 0.15) is 54.4 Å². The SMILES string of the molecule is CC(CC(C)(C)C#N)NCC1CCN(C(=O)OC(C)(C)C)C1. The summed E-state index contributed by atoms with van der Waals surface area (Å²) in [5, 5.41) is 12.6. The lowest BCUT2D eigenvalue weighted by molar-refractivity contribution is 0.0288. The van der Waals surface area contributed by atoms with Gasteiger partial charge in [-0.3, -0.25) is 0 Å². The lowest BCUT2D eigenvalue weighted by Crippen LogP contribution is -2.37. The number of ether oxygens (including phenoxy) is 1. The third kappa shape index (κ3) is 6.65. The summed E-state index contributed by atoms with van der Waals surface area (Å²) in [7, 11) is 0. The molecule has 0 bridgehead atoms. The average Bonchev–Trinajstić information content (AvgIpc) is 2.83. The van der Waals surface area contributed by atoms with Crippen molar-refractivity contribution < 1.29 is 9.53 Å². The largest absolute Gasteiger partial charge is 0.444 e. The van der Waals surface area contributed by atoms with E-state index in [1.54, 1.807) is 4.90 Å². The van der Waals surface area contributed by atoms with E-state index in [1.807, 2.05) is 34.6 Å². The summed E-state index contributed by atoms with van der Waals surface area (Å²) >= 11 is 0. The molecule has 0 spiro atoms. The number of nitriles is 1. The third-order valence-corrected chi connectivity index (χ3v) is 3.81. The van der Waals surface area contributed by atoms with Crippen LogP contribution in [0, 0.1) is 22.7 Å². The zero-order chi connectivity index (χ0) is 17.0. The van der Waals surface area contributed by atoms with E-state index in [0.717, 1.165) is 32.5 Å². The smallest absolute Gasteiger partial charge is 0.410 e. The lowest BCUT2D eigenvalue weighted by atomic mass is 9.88. The van der Waals surface area contributed by atoms with E-state index >= 15 is 0 Å². The maximum Gasteiger partial charge on any atom is 0.410 e. The Morgan fingerprint density at radius 2 is 2.05 bits per heavy atom. The maximum atomic E-state index is 12.0. The molecule has 0 aromatic carbocycles. The van der Waals surface area contributed by atoms with Crippen molar-refractivity contribution in [1.29, 1.82) is 5.26 Å². The van der Waals surface area contributed by atoms with Crippen LogP contribution in [0.2, 0.25) is 0 Å². The van der Waals surface area contributed by atoms with Gasteiger partial charge in [0.05, 0.1) is 11.5 Å². The lowest BCUT2D eigenvalue weighted by Gasteiger charge is -2.25. The van der Waals surface area contributed by atoms with Gasteiger partial charge in [-0.05, 0) is 66.8 Å². The molecule has 0 radical (unpaired) electrons. The fourth-order valence-electron chi connectivity index (χ4n) is 2.74. The summed E-state index contributed by atoms with van der Waals surface area (Å²) < 4.78 is 5.41. The highest BCUT2D eigenvalue weighted by molar-refractivity contribution is 5.68. The highest BCUT2D eigenvalue weighted by atomic mass is 16.6. The molecule has 2 unspecified atom stereocenters. The Labute approximate surface area is 135 Å². The summed E-state index contributed by atoms with van der Waals surface area (Å²) in [5.74, 6) is 0.458. The minimum Gasteiger partial charge on any atom is -0.444 e. The minimum atomic E-state index is -0.440. The van der Waals surface area contributed by atoms with Gasteiger partial charge < -0.3 is 15.0 Å². The Balaban J connectivity index is 2.33. The number of hydrogen-bond donors (Lipinski definition) is 1. The summed E-state index contributed by atoms with van der Waals surface area (Å²) in [6.45, 7) is 14.1. The number of nitrogens with one attached hydrogen (secondary N) is 1. The van der Waals surface area contributed by atoms with Gasteiger partial charge >= 0.3 is 6.09 Å². The van der Waals surface area contributed by atoms with Crippen molar-refractivity contribution in [3.8, 4) is 6.07 Å². The second-order valence-electron chi connectivity index (χ2n) is 8.09. The fraction of sp³-hybridized carbons (Fsp3) is 0.882. The number of nitrogens with zero attached hydrogens (tertiary/aromatic N) is 2. The Bertz CT molecular complexity index is 421. The maximum absolute atomic E-state index is 12.0. The average molecular weight is 309 g/mol.